The number of carbonyl (C=O) groups is 1. The molecule has 21 heavy (non-hydrogen) atoms. The number of nitrogens with one attached hydrogen (secondary N) is 2. The van der Waals surface area contributed by atoms with Gasteiger partial charge in [-0.15, -0.1) is 0 Å². The van der Waals surface area contributed by atoms with Gasteiger partial charge in [-0.3, -0.25) is 9.89 Å². The first kappa shape index (κ1) is 14.5. The number of nitriles is 1. The van der Waals surface area contributed by atoms with Gasteiger partial charge < -0.3 is 5.32 Å². The standard InChI is InChI=1S/C16H16N4O/c1-2-3-14-10-15(20-19-14)18-16(21)9-8-12-4-6-13(11-17)7-5-12/h4-10H,2-3H2,1H3,(H2,18,19,20,21)/b9-8+. The number of rotatable bonds is 5. The van der Waals surface area contributed by atoms with E-state index >= 15 is 0 Å². The minimum atomic E-state index is -0.242. The third kappa shape index (κ3) is 4.32. The summed E-state index contributed by atoms with van der Waals surface area (Å²) in [5.74, 6) is 0.279. The maximum Gasteiger partial charge on any atom is 0.249 e. The summed E-state index contributed by atoms with van der Waals surface area (Å²) in [6.45, 7) is 2.08. The predicted molar refractivity (Wildman–Crippen MR) is 81.4 cm³/mol. The quantitative estimate of drug-likeness (QED) is 0.826. The largest absolute Gasteiger partial charge is 0.306 e. The Bertz CT molecular complexity index is 677. The van der Waals surface area contributed by atoms with Gasteiger partial charge in [-0.1, -0.05) is 25.5 Å². The van der Waals surface area contributed by atoms with Crippen molar-refractivity contribution in [2.75, 3.05) is 5.32 Å². The zero-order valence-electron chi connectivity index (χ0n) is 11.8. The van der Waals surface area contributed by atoms with Crippen molar-refractivity contribution in [3.05, 3.63) is 53.2 Å². The van der Waals surface area contributed by atoms with E-state index in [2.05, 4.69) is 22.4 Å². The molecular formula is C16H16N4O. The van der Waals surface area contributed by atoms with E-state index in [1.165, 1.54) is 6.08 Å². The lowest BCUT2D eigenvalue weighted by Crippen LogP contribution is -2.07. The number of hydrogen-bond acceptors (Lipinski definition) is 3. The highest BCUT2D eigenvalue weighted by Gasteiger charge is 2.02. The first-order chi connectivity index (χ1) is 10.2. The van der Waals surface area contributed by atoms with Crippen LogP contribution in [-0.2, 0) is 11.2 Å². The number of aromatic amines is 1. The van der Waals surface area contributed by atoms with Crippen molar-refractivity contribution in [2.45, 2.75) is 19.8 Å². The van der Waals surface area contributed by atoms with E-state index in [1.54, 1.807) is 30.3 Å². The van der Waals surface area contributed by atoms with Crippen LogP contribution in [0.5, 0.6) is 0 Å². The van der Waals surface area contributed by atoms with Crippen LogP contribution in [-0.4, -0.2) is 16.1 Å². The van der Waals surface area contributed by atoms with E-state index in [0.717, 1.165) is 24.1 Å². The third-order valence-electron chi connectivity index (χ3n) is 2.87. The molecule has 106 valence electrons. The topological polar surface area (TPSA) is 81.6 Å². The van der Waals surface area contributed by atoms with Crippen LogP contribution in [0.15, 0.2) is 36.4 Å². The third-order valence-corrected chi connectivity index (χ3v) is 2.87. The second-order valence-electron chi connectivity index (χ2n) is 4.58. The average Bonchev–Trinajstić information content (AvgIpc) is 2.93. The number of nitrogens with zero attached hydrogens (tertiary/aromatic N) is 2. The highest BCUT2D eigenvalue weighted by atomic mass is 16.1. The fraction of sp³-hybridized carbons (Fsp3) is 0.188. The summed E-state index contributed by atoms with van der Waals surface area (Å²) >= 11 is 0. The Balaban J connectivity index is 1.93. The van der Waals surface area contributed by atoms with Crippen LogP contribution in [0.1, 0.15) is 30.2 Å². The lowest BCUT2D eigenvalue weighted by atomic mass is 10.1. The molecule has 1 aromatic heterocycles. The molecule has 2 rings (SSSR count). The van der Waals surface area contributed by atoms with Crippen LogP contribution in [0.3, 0.4) is 0 Å². The number of hydrogen-bond donors (Lipinski definition) is 2. The van der Waals surface area contributed by atoms with Crippen LogP contribution < -0.4 is 5.32 Å². The predicted octanol–water partition coefficient (Wildman–Crippen LogP) is 2.89. The molecule has 0 bridgehead atoms. The molecule has 0 spiro atoms. The van der Waals surface area contributed by atoms with E-state index in [9.17, 15) is 4.79 Å². The SMILES string of the molecule is CCCc1cc(NC(=O)/C=C/c2ccc(C#N)cc2)n[nH]1. The summed E-state index contributed by atoms with van der Waals surface area (Å²) in [4.78, 5) is 11.8. The van der Waals surface area contributed by atoms with Gasteiger partial charge in [-0.05, 0) is 30.2 Å². The Morgan fingerprint density at radius 2 is 2.19 bits per heavy atom. The van der Waals surface area contributed by atoms with Gasteiger partial charge in [0, 0.05) is 17.8 Å². The normalized spacial score (nSPS) is 10.5. The van der Waals surface area contributed by atoms with Gasteiger partial charge in [-0.25, -0.2) is 0 Å². The van der Waals surface area contributed by atoms with Crippen molar-refractivity contribution in [3.63, 3.8) is 0 Å². The monoisotopic (exact) mass is 280 g/mol. The van der Waals surface area contributed by atoms with Gasteiger partial charge in [0.1, 0.15) is 0 Å². The van der Waals surface area contributed by atoms with Crippen molar-refractivity contribution in [1.29, 1.82) is 5.26 Å². The summed E-state index contributed by atoms with van der Waals surface area (Å²) in [6, 6.07) is 10.9. The number of amides is 1. The van der Waals surface area contributed by atoms with Crippen LogP contribution in [0, 0.1) is 11.3 Å². The first-order valence-corrected chi connectivity index (χ1v) is 6.75. The van der Waals surface area contributed by atoms with Crippen molar-refractivity contribution < 1.29 is 4.79 Å². The van der Waals surface area contributed by atoms with Crippen molar-refractivity contribution in [2.24, 2.45) is 0 Å². The highest BCUT2D eigenvalue weighted by molar-refractivity contribution is 6.01. The molecule has 0 atom stereocenters. The van der Waals surface area contributed by atoms with E-state index < -0.39 is 0 Å². The molecule has 2 aromatic rings. The van der Waals surface area contributed by atoms with Crippen molar-refractivity contribution in [3.8, 4) is 6.07 Å². The van der Waals surface area contributed by atoms with Gasteiger partial charge >= 0.3 is 0 Å². The minimum Gasteiger partial charge on any atom is -0.306 e. The fourth-order valence-corrected chi connectivity index (χ4v) is 1.83. The fourth-order valence-electron chi connectivity index (χ4n) is 1.83. The Morgan fingerprint density at radius 1 is 1.43 bits per heavy atom. The van der Waals surface area contributed by atoms with Crippen LogP contribution in [0.4, 0.5) is 5.82 Å². The molecule has 2 N–H and O–H groups in total. The maximum atomic E-state index is 11.8. The Labute approximate surface area is 123 Å². The lowest BCUT2D eigenvalue weighted by Gasteiger charge is -1.96. The van der Waals surface area contributed by atoms with E-state index in [1.807, 2.05) is 12.1 Å². The van der Waals surface area contributed by atoms with E-state index in [4.69, 9.17) is 5.26 Å². The zero-order valence-corrected chi connectivity index (χ0v) is 11.8. The average molecular weight is 280 g/mol. The van der Waals surface area contributed by atoms with E-state index in [0.29, 0.717) is 11.4 Å². The van der Waals surface area contributed by atoms with Gasteiger partial charge in [-0.2, -0.15) is 10.4 Å². The molecule has 1 aromatic carbocycles. The Hall–Kier alpha value is -2.87. The number of H-pyrrole nitrogens is 1. The summed E-state index contributed by atoms with van der Waals surface area (Å²) in [6.07, 6.45) is 5.06. The van der Waals surface area contributed by atoms with Crippen LogP contribution >= 0.6 is 0 Å². The van der Waals surface area contributed by atoms with Gasteiger partial charge in [0.25, 0.3) is 0 Å². The Kier molecular flexibility index (Phi) is 4.89. The number of anilines is 1. The number of aryl methyl sites for hydroxylation is 1. The number of aromatic nitrogens is 2. The molecule has 5 heteroatoms. The molecular weight excluding hydrogens is 264 g/mol. The van der Waals surface area contributed by atoms with E-state index in [-0.39, 0.29) is 5.91 Å². The minimum absolute atomic E-state index is 0.242. The molecule has 1 amide bonds. The maximum absolute atomic E-state index is 11.8. The molecule has 0 saturated heterocycles. The molecule has 0 fully saturated rings. The summed E-state index contributed by atoms with van der Waals surface area (Å²) < 4.78 is 0. The Morgan fingerprint density at radius 3 is 2.86 bits per heavy atom. The van der Waals surface area contributed by atoms with Crippen LogP contribution in [0.2, 0.25) is 0 Å². The molecule has 0 aliphatic heterocycles. The number of benzene rings is 1. The highest BCUT2D eigenvalue weighted by Crippen LogP contribution is 2.08. The summed E-state index contributed by atoms with van der Waals surface area (Å²) in [7, 11) is 0. The zero-order chi connectivity index (χ0) is 15.1. The molecule has 0 radical (unpaired) electrons. The van der Waals surface area contributed by atoms with Gasteiger partial charge in [0.2, 0.25) is 5.91 Å². The summed E-state index contributed by atoms with van der Waals surface area (Å²) in [5, 5.41) is 18.3. The van der Waals surface area contributed by atoms with Crippen molar-refractivity contribution in [1.82, 2.24) is 10.2 Å². The van der Waals surface area contributed by atoms with Crippen molar-refractivity contribution >= 4 is 17.8 Å². The number of carbonyl (C=O) groups excluding carboxylic acids is 1. The first-order valence-electron chi connectivity index (χ1n) is 6.75. The molecule has 0 saturated carbocycles. The summed E-state index contributed by atoms with van der Waals surface area (Å²) in [5.41, 5.74) is 2.46. The van der Waals surface area contributed by atoms with Gasteiger partial charge in [0.15, 0.2) is 5.82 Å². The van der Waals surface area contributed by atoms with Crippen LogP contribution in [0.25, 0.3) is 6.08 Å². The second-order valence-corrected chi connectivity index (χ2v) is 4.58. The smallest absolute Gasteiger partial charge is 0.249 e. The molecule has 0 aliphatic carbocycles. The molecule has 0 unspecified atom stereocenters. The molecule has 0 aliphatic rings. The second kappa shape index (κ2) is 7.06. The van der Waals surface area contributed by atoms with Gasteiger partial charge in [0.05, 0.1) is 11.6 Å². The lowest BCUT2D eigenvalue weighted by molar-refractivity contribution is -0.111. The molecule has 5 nitrogen and oxygen atoms in total. The molecule has 1 heterocycles.